The largest absolute Gasteiger partial charge is 0.370 e. The molecule has 7 heteroatoms. The standard InChI is InChI=1S/C20H29FN6/c1-16-23-19(22-9-6-10-25(2)3)15-20(24-16)27-13-11-26(12-14-27)18-8-5-4-7-17(18)21/h4-5,7-8,15H,6,9-14H2,1-3H3,(H,22,23,24). The van der Waals surface area contributed by atoms with Gasteiger partial charge in [-0.2, -0.15) is 0 Å². The molecule has 0 amide bonds. The number of hydrogen-bond acceptors (Lipinski definition) is 6. The monoisotopic (exact) mass is 372 g/mol. The van der Waals surface area contributed by atoms with Crippen LogP contribution in [-0.2, 0) is 0 Å². The molecule has 0 atom stereocenters. The first-order chi connectivity index (χ1) is 13.0. The number of nitrogens with one attached hydrogen (secondary N) is 1. The van der Waals surface area contributed by atoms with Crippen molar-refractivity contribution in [2.75, 3.05) is 68.5 Å². The van der Waals surface area contributed by atoms with Crippen molar-refractivity contribution in [1.29, 1.82) is 0 Å². The molecule has 1 aromatic carbocycles. The van der Waals surface area contributed by atoms with Crippen molar-refractivity contribution in [2.45, 2.75) is 13.3 Å². The maximum atomic E-state index is 14.0. The summed E-state index contributed by atoms with van der Waals surface area (Å²) in [6.07, 6.45) is 1.06. The summed E-state index contributed by atoms with van der Waals surface area (Å²) in [5.74, 6) is 2.41. The Hall–Kier alpha value is -2.41. The fourth-order valence-electron chi connectivity index (χ4n) is 3.30. The number of halogens is 1. The van der Waals surface area contributed by atoms with E-state index in [2.05, 4.69) is 44.1 Å². The van der Waals surface area contributed by atoms with Crippen LogP contribution in [0.1, 0.15) is 12.2 Å². The number of benzene rings is 1. The molecule has 2 aromatic rings. The molecular weight excluding hydrogens is 343 g/mol. The van der Waals surface area contributed by atoms with Gasteiger partial charge in [-0.3, -0.25) is 0 Å². The maximum absolute atomic E-state index is 14.0. The van der Waals surface area contributed by atoms with Gasteiger partial charge in [0.25, 0.3) is 0 Å². The molecule has 0 spiro atoms. The van der Waals surface area contributed by atoms with Gasteiger partial charge >= 0.3 is 0 Å². The molecular formula is C20H29FN6. The van der Waals surface area contributed by atoms with Gasteiger partial charge < -0.3 is 20.0 Å². The van der Waals surface area contributed by atoms with Crippen LogP contribution in [0.3, 0.4) is 0 Å². The quantitative estimate of drug-likeness (QED) is 0.754. The predicted molar refractivity (Wildman–Crippen MR) is 109 cm³/mol. The number of piperazine rings is 1. The molecule has 1 aromatic heterocycles. The Bertz CT molecular complexity index is 743. The van der Waals surface area contributed by atoms with Crippen LogP contribution in [0.2, 0.25) is 0 Å². The fourth-order valence-corrected chi connectivity index (χ4v) is 3.30. The minimum Gasteiger partial charge on any atom is -0.370 e. The zero-order valence-corrected chi connectivity index (χ0v) is 16.5. The first-order valence-electron chi connectivity index (χ1n) is 9.51. The summed E-state index contributed by atoms with van der Waals surface area (Å²) in [6, 6.07) is 8.99. The molecule has 1 saturated heterocycles. The number of aromatic nitrogens is 2. The number of para-hydroxylation sites is 1. The van der Waals surface area contributed by atoms with E-state index in [-0.39, 0.29) is 5.82 Å². The van der Waals surface area contributed by atoms with Crippen LogP contribution in [0.4, 0.5) is 21.7 Å². The Balaban J connectivity index is 1.59. The lowest BCUT2D eigenvalue weighted by Gasteiger charge is -2.37. The zero-order chi connectivity index (χ0) is 19.2. The highest BCUT2D eigenvalue weighted by atomic mass is 19.1. The van der Waals surface area contributed by atoms with Gasteiger partial charge in [-0.1, -0.05) is 12.1 Å². The number of nitrogens with zero attached hydrogens (tertiary/aromatic N) is 5. The third-order valence-corrected chi connectivity index (χ3v) is 4.71. The van der Waals surface area contributed by atoms with E-state index in [1.54, 1.807) is 6.07 Å². The van der Waals surface area contributed by atoms with Crippen molar-refractivity contribution in [3.05, 3.63) is 42.0 Å². The average molecular weight is 372 g/mol. The van der Waals surface area contributed by atoms with E-state index in [9.17, 15) is 4.39 Å². The van der Waals surface area contributed by atoms with Crippen LogP contribution in [0, 0.1) is 12.7 Å². The summed E-state index contributed by atoms with van der Waals surface area (Å²) in [7, 11) is 4.15. The Morgan fingerprint density at radius 1 is 1.07 bits per heavy atom. The van der Waals surface area contributed by atoms with Crippen molar-refractivity contribution in [2.24, 2.45) is 0 Å². The molecule has 6 nitrogen and oxygen atoms in total. The first-order valence-corrected chi connectivity index (χ1v) is 9.51. The first kappa shape index (κ1) is 19.4. The van der Waals surface area contributed by atoms with Gasteiger partial charge in [0.2, 0.25) is 0 Å². The highest BCUT2D eigenvalue weighted by molar-refractivity contribution is 5.53. The van der Waals surface area contributed by atoms with Gasteiger partial charge in [0.15, 0.2) is 0 Å². The van der Waals surface area contributed by atoms with Gasteiger partial charge in [0.05, 0.1) is 5.69 Å². The molecule has 2 heterocycles. The van der Waals surface area contributed by atoms with Crippen LogP contribution in [0.15, 0.2) is 30.3 Å². The summed E-state index contributed by atoms with van der Waals surface area (Å²) in [4.78, 5) is 15.6. The van der Waals surface area contributed by atoms with Gasteiger partial charge in [-0.05, 0) is 46.1 Å². The summed E-state index contributed by atoms with van der Waals surface area (Å²) in [5.41, 5.74) is 0.680. The van der Waals surface area contributed by atoms with Crippen LogP contribution in [0.25, 0.3) is 0 Å². The molecule has 0 unspecified atom stereocenters. The highest BCUT2D eigenvalue weighted by Crippen LogP contribution is 2.23. The van der Waals surface area contributed by atoms with Crippen molar-refractivity contribution in [1.82, 2.24) is 14.9 Å². The fraction of sp³-hybridized carbons (Fsp3) is 0.500. The second-order valence-electron chi connectivity index (χ2n) is 7.17. The van der Waals surface area contributed by atoms with E-state index in [1.807, 2.05) is 25.1 Å². The third-order valence-electron chi connectivity index (χ3n) is 4.71. The minimum absolute atomic E-state index is 0.159. The predicted octanol–water partition coefficient (Wildman–Crippen LogP) is 2.61. The molecule has 1 fully saturated rings. The van der Waals surface area contributed by atoms with Crippen LogP contribution in [0.5, 0.6) is 0 Å². The lowest BCUT2D eigenvalue weighted by atomic mass is 10.2. The summed E-state index contributed by atoms with van der Waals surface area (Å²) < 4.78 is 14.0. The molecule has 1 N–H and O–H groups in total. The molecule has 3 rings (SSSR count). The average Bonchev–Trinajstić information content (AvgIpc) is 2.65. The number of aryl methyl sites for hydroxylation is 1. The summed E-state index contributed by atoms with van der Waals surface area (Å²) in [6.45, 7) is 7.02. The molecule has 1 aliphatic rings. The Morgan fingerprint density at radius 2 is 1.78 bits per heavy atom. The zero-order valence-electron chi connectivity index (χ0n) is 16.5. The molecule has 0 bridgehead atoms. The van der Waals surface area contributed by atoms with Gasteiger partial charge in [-0.15, -0.1) is 0 Å². The van der Waals surface area contributed by atoms with E-state index in [0.717, 1.165) is 63.1 Å². The van der Waals surface area contributed by atoms with Crippen molar-refractivity contribution >= 4 is 17.3 Å². The lowest BCUT2D eigenvalue weighted by Crippen LogP contribution is -2.47. The van der Waals surface area contributed by atoms with Crippen LogP contribution in [-0.4, -0.2) is 68.2 Å². The number of hydrogen-bond donors (Lipinski definition) is 1. The van der Waals surface area contributed by atoms with Crippen molar-refractivity contribution in [3.8, 4) is 0 Å². The minimum atomic E-state index is -0.159. The van der Waals surface area contributed by atoms with Gasteiger partial charge in [0.1, 0.15) is 23.3 Å². The van der Waals surface area contributed by atoms with E-state index in [1.165, 1.54) is 6.07 Å². The third kappa shape index (κ3) is 5.29. The van der Waals surface area contributed by atoms with Gasteiger partial charge in [0, 0.05) is 38.8 Å². The van der Waals surface area contributed by atoms with E-state index in [0.29, 0.717) is 5.69 Å². The van der Waals surface area contributed by atoms with Crippen LogP contribution < -0.4 is 15.1 Å². The Labute approximate surface area is 161 Å². The Kier molecular flexibility index (Phi) is 6.45. The maximum Gasteiger partial charge on any atom is 0.146 e. The van der Waals surface area contributed by atoms with E-state index >= 15 is 0 Å². The normalized spacial score (nSPS) is 14.7. The molecule has 0 radical (unpaired) electrons. The second-order valence-corrected chi connectivity index (χ2v) is 7.17. The van der Waals surface area contributed by atoms with Crippen molar-refractivity contribution in [3.63, 3.8) is 0 Å². The summed E-state index contributed by atoms with van der Waals surface area (Å²) in [5, 5.41) is 3.40. The molecule has 146 valence electrons. The van der Waals surface area contributed by atoms with Crippen LogP contribution >= 0.6 is 0 Å². The van der Waals surface area contributed by atoms with E-state index < -0.39 is 0 Å². The van der Waals surface area contributed by atoms with Crippen molar-refractivity contribution < 1.29 is 4.39 Å². The molecule has 0 aliphatic carbocycles. The van der Waals surface area contributed by atoms with Gasteiger partial charge in [-0.25, -0.2) is 14.4 Å². The smallest absolute Gasteiger partial charge is 0.146 e. The topological polar surface area (TPSA) is 47.5 Å². The summed E-state index contributed by atoms with van der Waals surface area (Å²) >= 11 is 0. The lowest BCUT2D eigenvalue weighted by molar-refractivity contribution is 0.405. The number of anilines is 3. The Morgan fingerprint density at radius 3 is 2.48 bits per heavy atom. The molecule has 0 saturated carbocycles. The second kappa shape index (κ2) is 8.99. The SMILES string of the molecule is Cc1nc(NCCCN(C)C)cc(N2CCN(c3ccccc3F)CC2)n1. The molecule has 27 heavy (non-hydrogen) atoms. The molecule has 1 aliphatic heterocycles. The number of rotatable bonds is 7. The highest BCUT2D eigenvalue weighted by Gasteiger charge is 2.20. The van der Waals surface area contributed by atoms with E-state index in [4.69, 9.17) is 0 Å².